The van der Waals surface area contributed by atoms with Gasteiger partial charge in [0.2, 0.25) is 0 Å². The van der Waals surface area contributed by atoms with Gasteiger partial charge in [-0.3, -0.25) is 10.2 Å². The molecule has 1 aromatic rings. The lowest BCUT2D eigenvalue weighted by Gasteiger charge is -2.06. The Kier molecular flexibility index (Phi) is 3.91. The van der Waals surface area contributed by atoms with Crippen LogP contribution in [0.3, 0.4) is 0 Å². The van der Waals surface area contributed by atoms with Crippen molar-refractivity contribution in [2.24, 2.45) is 5.84 Å². The number of hydrogen-bond acceptors (Lipinski definition) is 3. The zero-order valence-corrected chi connectivity index (χ0v) is 9.30. The van der Waals surface area contributed by atoms with Gasteiger partial charge in [0.15, 0.2) is 0 Å². The molecule has 0 fully saturated rings. The number of nitrogens with two attached hydrogens (primary N) is 1. The summed E-state index contributed by atoms with van der Waals surface area (Å²) in [4.78, 5) is 11.3. The molecule has 0 aliphatic heterocycles. The summed E-state index contributed by atoms with van der Waals surface area (Å²) in [5.74, 6) is 5.33. The van der Waals surface area contributed by atoms with Crippen LogP contribution < -0.4 is 16.0 Å². The lowest BCUT2D eigenvalue weighted by Crippen LogP contribution is -2.30. The maximum Gasteiger partial charge on any atom is 0.266 e. The molecule has 1 amide bonds. The van der Waals surface area contributed by atoms with E-state index >= 15 is 0 Å². The van der Waals surface area contributed by atoms with E-state index in [2.05, 4.69) is 21.4 Å². The summed E-state index contributed by atoms with van der Waals surface area (Å²) in [5, 5.41) is 0. The van der Waals surface area contributed by atoms with Crippen LogP contribution in [0.15, 0.2) is 22.7 Å². The summed E-state index contributed by atoms with van der Waals surface area (Å²) in [6.07, 6.45) is 0. The van der Waals surface area contributed by atoms with E-state index in [1.54, 1.807) is 18.2 Å². The molecule has 0 saturated carbocycles. The average molecular weight is 259 g/mol. The van der Waals surface area contributed by atoms with E-state index in [-0.39, 0.29) is 5.91 Å². The number of carbonyl (C=O) groups is 1. The van der Waals surface area contributed by atoms with Crippen LogP contribution in [-0.4, -0.2) is 12.5 Å². The Morgan fingerprint density at radius 2 is 2.36 bits per heavy atom. The molecule has 5 heteroatoms. The standard InChI is InChI=1S/C9H11BrN2O2/c1-2-14-6-3-4-8(10)7(5-6)9(13)12-11/h3-5H,2,11H2,1H3,(H,12,13). The Labute approximate surface area is 90.5 Å². The number of amides is 1. The fraction of sp³-hybridized carbons (Fsp3) is 0.222. The van der Waals surface area contributed by atoms with E-state index in [0.717, 1.165) is 0 Å². The smallest absolute Gasteiger partial charge is 0.266 e. The van der Waals surface area contributed by atoms with E-state index < -0.39 is 0 Å². The Morgan fingerprint density at radius 3 is 2.93 bits per heavy atom. The number of nitrogen functional groups attached to an aromatic ring is 1. The van der Waals surface area contributed by atoms with Gasteiger partial charge in [0.1, 0.15) is 5.75 Å². The first-order valence-electron chi connectivity index (χ1n) is 4.12. The molecule has 0 saturated heterocycles. The molecule has 0 unspecified atom stereocenters. The lowest BCUT2D eigenvalue weighted by atomic mass is 10.2. The first-order chi connectivity index (χ1) is 6.69. The van der Waals surface area contributed by atoms with E-state index in [1.165, 1.54) is 0 Å². The highest BCUT2D eigenvalue weighted by atomic mass is 79.9. The SMILES string of the molecule is CCOc1ccc(Br)c(C(=O)NN)c1. The van der Waals surface area contributed by atoms with Gasteiger partial charge in [-0.05, 0) is 41.1 Å². The first kappa shape index (κ1) is 11.0. The minimum Gasteiger partial charge on any atom is -0.494 e. The van der Waals surface area contributed by atoms with Crippen LogP contribution in [0.2, 0.25) is 0 Å². The summed E-state index contributed by atoms with van der Waals surface area (Å²) >= 11 is 3.25. The van der Waals surface area contributed by atoms with Crippen LogP contribution in [0.5, 0.6) is 5.75 Å². The summed E-state index contributed by atoms with van der Waals surface area (Å²) in [6.45, 7) is 2.44. The third kappa shape index (κ3) is 2.46. The van der Waals surface area contributed by atoms with Crippen LogP contribution in [0.1, 0.15) is 17.3 Å². The topological polar surface area (TPSA) is 64.3 Å². The molecule has 1 rings (SSSR count). The normalized spacial score (nSPS) is 9.64. The first-order valence-corrected chi connectivity index (χ1v) is 4.91. The van der Waals surface area contributed by atoms with Crippen molar-refractivity contribution < 1.29 is 9.53 Å². The van der Waals surface area contributed by atoms with E-state index in [1.807, 2.05) is 6.92 Å². The highest BCUT2D eigenvalue weighted by molar-refractivity contribution is 9.10. The molecule has 4 nitrogen and oxygen atoms in total. The molecule has 0 aliphatic carbocycles. The number of hydrogen-bond donors (Lipinski definition) is 2. The van der Waals surface area contributed by atoms with Crippen molar-refractivity contribution in [2.45, 2.75) is 6.92 Å². The summed E-state index contributed by atoms with van der Waals surface area (Å²) in [5.41, 5.74) is 2.52. The molecule has 0 heterocycles. The molecule has 0 radical (unpaired) electrons. The monoisotopic (exact) mass is 258 g/mol. The highest BCUT2D eigenvalue weighted by Crippen LogP contribution is 2.22. The number of rotatable bonds is 3. The maximum atomic E-state index is 11.3. The van der Waals surface area contributed by atoms with Gasteiger partial charge < -0.3 is 4.74 Å². The summed E-state index contributed by atoms with van der Waals surface area (Å²) < 4.78 is 5.94. The number of carbonyl (C=O) groups excluding carboxylic acids is 1. The molecule has 0 atom stereocenters. The van der Waals surface area contributed by atoms with Gasteiger partial charge >= 0.3 is 0 Å². The zero-order valence-electron chi connectivity index (χ0n) is 7.71. The van der Waals surface area contributed by atoms with Crippen LogP contribution in [-0.2, 0) is 0 Å². The van der Waals surface area contributed by atoms with Gasteiger partial charge in [-0.15, -0.1) is 0 Å². The van der Waals surface area contributed by atoms with Crippen molar-refractivity contribution in [3.63, 3.8) is 0 Å². The number of hydrazine groups is 1. The molecule has 76 valence electrons. The second-order valence-corrected chi connectivity index (χ2v) is 3.40. The van der Waals surface area contributed by atoms with Gasteiger partial charge in [-0.25, -0.2) is 5.84 Å². The molecular formula is C9H11BrN2O2. The largest absolute Gasteiger partial charge is 0.494 e. The van der Waals surface area contributed by atoms with Crippen molar-refractivity contribution in [1.29, 1.82) is 0 Å². The molecular weight excluding hydrogens is 248 g/mol. The van der Waals surface area contributed by atoms with E-state index in [4.69, 9.17) is 10.6 Å². The van der Waals surface area contributed by atoms with Crippen LogP contribution in [0, 0.1) is 0 Å². The summed E-state index contributed by atoms with van der Waals surface area (Å²) in [6, 6.07) is 5.16. The van der Waals surface area contributed by atoms with Crippen LogP contribution in [0.25, 0.3) is 0 Å². The summed E-state index contributed by atoms with van der Waals surface area (Å²) in [7, 11) is 0. The predicted octanol–water partition coefficient (Wildman–Crippen LogP) is 1.45. The molecule has 14 heavy (non-hydrogen) atoms. The second-order valence-electron chi connectivity index (χ2n) is 2.55. The molecule has 0 aromatic heterocycles. The van der Waals surface area contributed by atoms with Gasteiger partial charge in [0.25, 0.3) is 5.91 Å². The number of ether oxygens (including phenoxy) is 1. The second kappa shape index (κ2) is 4.97. The fourth-order valence-electron chi connectivity index (χ4n) is 1.01. The van der Waals surface area contributed by atoms with Crippen molar-refractivity contribution in [3.05, 3.63) is 28.2 Å². The lowest BCUT2D eigenvalue weighted by molar-refractivity contribution is 0.0952. The van der Waals surface area contributed by atoms with E-state index in [0.29, 0.717) is 22.4 Å². The molecule has 0 spiro atoms. The Morgan fingerprint density at radius 1 is 1.64 bits per heavy atom. The van der Waals surface area contributed by atoms with Gasteiger partial charge in [-0.2, -0.15) is 0 Å². The number of nitrogens with one attached hydrogen (secondary N) is 1. The predicted molar refractivity (Wildman–Crippen MR) is 57.0 cm³/mol. The quantitative estimate of drug-likeness (QED) is 0.490. The molecule has 1 aromatic carbocycles. The van der Waals surface area contributed by atoms with Crippen LogP contribution in [0.4, 0.5) is 0 Å². The van der Waals surface area contributed by atoms with E-state index in [9.17, 15) is 4.79 Å². The van der Waals surface area contributed by atoms with Crippen LogP contribution >= 0.6 is 15.9 Å². The van der Waals surface area contributed by atoms with Crippen molar-refractivity contribution in [3.8, 4) is 5.75 Å². The van der Waals surface area contributed by atoms with Crippen molar-refractivity contribution in [1.82, 2.24) is 5.43 Å². The maximum absolute atomic E-state index is 11.3. The molecule has 0 aliphatic rings. The zero-order chi connectivity index (χ0) is 10.6. The minimum atomic E-state index is -0.349. The number of benzene rings is 1. The Bertz CT molecular complexity index is 342. The third-order valence-corrected chi connectivity index (χ3v) is 2.32. The van der Waals surface area contributed by atoms with Gasteiger partial charge in [0.05, 0.1) is 12.2 Å². The minimum absolute atomic E-state index is 0.349. The highest BCUT2D eigenvalue weighted by Gasteiger charge is 2.09. The molecule has 0 bridgehead atoms. The fourth-order valence-corrected chi connectivity index (χ4v) is 1.44. The van der Waals surface area contributed by atoms with Crippen molar-refractivity contribution >= 4 is 21.8 Å². The van der Waals surface area contributed by atoms with Gasteiger partial charge in [-0.1, -0.05) is 0 Å². The Hall–Kier alpha value is -1.07. The average Bonchev–Trinajstić information content (AvgIpc) is 2.20. The third-order valence-electron chi connectivity index (χ3n) is 1.62. The Balaban J connectivity index is 3.01. The molecule has 3 N–H and O–H groups in total. The number of halogens is 1. The van der Waals surface area contributed by atoms with Crippen molar-refractivity contribution in [2.75, 3.05) is 6.61 Å². The van der Waals surface area contributed by atoms with Gasteiger partial charge in [0, 0.05) is 4.47 Å².